The van der Waals surface area contributed by atoms with Crippen LogP contribution in [0.4, 0.5) is 5.69 Å². The Kier molecular flexibility index (Phi) is 6.16. The van der Waals surface area contributed by atoms with Gasteiger partial charge in [0.15, 0.2) is 0 Å². The zero-order valence-electron chi connectivity index (χ0n) is 15.3. The third-order valence-corrected chi connectivity index (χ3v) is 5.54. The molecule has 0 aliphatic heterocycles. The summed E-state index contributed by atoms with van der Waals surface area (Å²) in [5.74, 6) is -0.448. The zero-order valence-corrected chi connectivity index (χ0v) is 16.1. The predicted octanol–water partition coefficient (Wildman–Crippen LogP) is 2.66. The van der Waals surface area contributed by atoms with E-state index in [0.29, 0.717) is 5.56 Å². The highest BCUT2D eigenvalue weighted by Crippen LogP contribution is 2.19. The quantitative estimate of drug-likeness (QED) is 0.476. The van der Waals surface area contributed by atoms with Gasteiger partial charge in [-0.05, 0) is 48.0 Å². The van der Waals surface area contributed by atoms with Gasteiger partial charge in [-0.3, -0.25) is 9.52 Å². The molecular formula is C21H20N2O5S. The van der Waals surface area contributed by atoms with Crippen LogP contribution in [0.15, 0.2) is 83.8 Å². The number of carbonyl (C=O) groups is 1. The topological polar surface area (TPSA) is 116 Å². The molecule has 1 unspecified atom stereocenters. The van der Waals surface area contributed by atoms with Gasteiger partial charge >= 0.3 is 0 Å². The maximum atomic E-state index is 12.4. The van der Waals surface area contributed by atoms with Crippen molar-refractivity contribution in [3.63, 3.8) is 0 Å². The molecule has 0 saturated carbocycles. The fourth-order valence-corrected chi connectivity index (χ4v) is 3.75. The van der Waals surface area contributed by atoms with Gasteiger partial charge in [-0.2, -0.15) is 0 Å². The van der Waals surface area contributed by atoms with Crippen LogP contribution in [0.25, 0.3) is 0 Å². The first kappa shape index (κ1) is 20.4. The number of sulfonamides is 1. The standard InChI is InChI=1S/C21H20N2O5S/c24-18-9-5-6-15(13-18)20(25)14-22-21(26)16-7-4-8-17(12-16)23-29(27,28)19-10-2-1-3-11-19/h1-13,20,23-25H,14H2,(H,22,26). The number of amides is 1. The SMILES string of the molecule is O=C(NCC(O)c1cccc(O)c1)c1cccc(NS(=O)(=O)c2ccccc2)c1. The van der Waals surface area contributed by atoms with Gasteiger partial charge < -0.3 is 15.5 Å². The molecule has 1 amide bonds. The second kappa shape index (κ2) is 8.76. The maximum Gasteiger partial charge on any atom is 0.261 e. The molecule has 0 aliphatic rings. The van der Waals surface area contributed by atoms with Gasteiger partial charge in [-0.15, -0.1) is 0 Å². The van der Waals surface area contributed by atoms with Crippen LogP contribution in [0.5, 0.6) is 5.75 Å². The van der Waals surface area contributed by atoms with Crippen molar-refractivity contribution in [3.05, 3.63) is 90.0 Å². The number of carbonyl (C=O) groups excluding carboxylic acids is 1. The summed E-state index contributed by atoms with van der Waals surface area (Å²) in [6.07, 6.45) is -0.995. The molecule has 8 heteroatoms. The van der Waals surface area contributed by atoms with Gasteiger partial charge in [0.25, 0.3) is 15.9 Å². The molecule has 29 heavy (non-hydrogen) atoms. The van der Waals surface area contributed by atoms with Gasteiger partial charge in [-0.25, -0.2) is 8.42 Å². The second-order valence-corrected chi connectivity index (χ2v) is 8.00. The lowest BCUT2D eigenvalue weighted by atomic mass is 10.1. The molecule has 3 aromatic carbocycles. The number of phenolic OH excluding ortho intramolecular Hbond substituents is 1. The normalized spacial score (nSPS) is 12.2. The Bertz CT molecular complexity index is 1100. The molecule has 0 saturated heterocycles. The van der Waals surface area contributed by atoms with Gasteiger partial charge in [0.2, 0.25) is 0 Å². The van der Waals surface area contributed by atoms with Crippen molar-refractivity contribution in [2.24, 2.45) is 0 Å². The molecule has 0 spiro atoms. The minimum Gasteiger partial charge on any atom is -0.508 e. The van der Waals surface area contributed by atoms with Crippen LogP contribution in [0.2, 0.25) is 0 Å². The van der Waals surface area contributed by atoms with E-state index in [1.54, 1.807) is 42.5 Å². The van der Waals surface area contributed by atoms with E-state index in [0.717, 1.165) is 0 Å². The van der Waals surface area contributed by atoms with Crippen LogP contribution in [0.3, 0.4) is 0 Å². The Hall–Kier alpha value is -3.36. The van der Waals surface area contributed by atoms with Crippen molar-refractivity contribution in [1.82, 2.24) is 5.32 Å². The Balaban J connectivity index is 1.66. The average Bonchev–Trinajstić information content (AvgIpc) is 2.72. The molecule has 7 nitrogen and oxygen atoms in total. The van der Waals surface area contributed by atoms with E-state index >= 15 is 0 Å². The highest BCUT2D eigenvalue weighted by Gasteiger charge is 2.15. The van der Waals surface area contributed by atoms with E-state index < -0.39 is 22.0 Å². The van der Waals surface area contributed by atoms with Crippen molar-refractivity contribution in [3.8, 4) is 5.75 Å². The third-order valence-electron chi connectivity index (χ3n) is 4.14. The van der Waals surface area contributed by atoms with Gasteiger partial charge in [0, 0.05) is 17.8 Å². The zero-order chi connectivity index (χ0) is 20.9. The van der Waals surface area contributed by atoms with Gasteiger partial charge in [0.05, 0.1) is 11.0 Å². The number of aliphatic hydroxyl groups is 1. The van der Waals surface area contributed by atoms with E-state index in [-0.39, 0.29) is 28.4 Å². The minimum atomic E-state index is -3.77. The van der Waals surface area contributed by atoms with Crippen LogP contribution < -0.4 is 10.0 Å². The summed E-state index contributed by atoms with van der Waals surface area (Å²) in [6.45, 7) is -0.0672. The molecule has 3 rings (SSSR count). The number of anilines is 1. The summed E-state index contributed by atoms with van der Waals surface area (Å²) >= 11 is 0. The van der Waals surface area contributed by atoms with Crippen molar-refractivity contribution < 1.29 is 23.4 Å². The Morgan fingerprint density at radius 2 is 1.66 bits per heavy atom. The average molecular weight is 412 g/mol. The van der Waals surface area contributed by atoms with Crippen molar-refractivity contribution in [1.29, 1.82) is 0 Å². The molecule has 0 radical (unpaired) electrons. The van der Waals surface area contributed by atoms with Crippen LogP contribution in [-0.4, -0.2) is 31.1 Å². The molecule has 0 bridgehead atoms. The summed E-state index contributed by atoms with van der Waals surface area (Å²) in [4.78, 5) is 12.5. The Morgan fingerprint density at radius 3 is 2.38 bits per heavy atom. The molecule has 1 atom stereocenters. The number of aromatic hydroxyl groups is 1. The molecule has 0 fully saturated rings. The van der Waals surface area contributed by atoms with Crippen LogP contribution in [-0.2, 0) is 10.0 Å². The molecule has 0 aliphatic carbocycles. The summed E-state index contributed by atoms with van der Waals surface area (Å²) in [5, 5.41) is 22.2. The minimum absolute atomic E-state index is 0.0197. The maximum absolute atomic E-state index is 12.4. The van der Waals surface area contributed by atoms with Crippen molar-refractivity contribution in [2.75, 3.05) is 11.3 Å². The summed E-state index contributed by atoms with van der Waals surface area (Å²) in [5.41, 5.74) is 0.950. The summed E-state index contributed by atoms with van der Waals surface area (Å²) in [7, 11) is -3.77. The van der Waals surface area contributed by atoms with Crippen molar-refractivity contribution in [2.45, 2.75) is 11.0 Å². The fourth-order valence-electron chi connectivity index (χ4n) is 2.68. The molecule has 4 N–H and O–H groups in total. The number of rotatable bonds is 7. The largest absolute Gasteiger partial charge is 0.508 e. The Labute approximate surface area is 168 Å². The first-order chi connectivity index (χ1) is 13.8. The fraction of sp³-hybridized carbons (Fsp3) is 0.0952. The van der Waals surface area contributed by atoms with Crippen molar-refractivity contribution >= 4 is 21.6 Å². The molecule has 0 aromatic heterocycles. The van der Waals surface area contributed by atoms with Crippen LogP contribution in [0.1, 0.15) is 22.0 Å². The third kappa shape index (κ3) is 5.34. The van der Waals surface area contributed by atoms with E-state index in [1.165, 1.54) is 36.4 Å². The molecule has 0 heterocycles. The second-order valence-electron chi connectivity index (χ2n) is 6.32. The number of aliphatic hydroxyl groups excluding tert-OH is 1. The molecule has 3 aromatic rings. The van der Waals surface area contributed by atoms with Gasteiger partial charge in [-0.1, -0.05) is 36.4 Å². The first-order valence-electron chi connectivity index (χ1n) is 8.78. The lowest BCUT2D eigenvalue weighted by Gasteiger charge is -2.13. The number of hydrogen-bond acceptors (Lipinski definition) is 5. The first-order valence-corrected chi connectivity index (χ1v) is 10.3. The van der Waals surface area contributed by atoms with Crippen LogP contribution >= 0.6 is 0 Å². The molecular weight excluding hydrogens is 392 g/mol. The number of phenols is 1. The number of benzene rings is 3. The van der Waals surface area contributed by atoms with E-state index in [4.69, 9.17) is 0 Å². The van der Waals surface area contributed by atoms with E-state index in [2.05, 4.69) is 10.0 Å². The smallest absolute Gasteiger partial charge is 0.261 e. The lowest BCUT2D eigenvalue weighted by Crippen LogP contribution is -2.28. The predicted molar refractivity (Wildman–Crippen MR) is 109 cm³/mol. The number of hydrogen-bond donors (Lipinski definition) is 4. The van der Waals surface area contributed by atoms with Gasteiger partial charge in [0.1, 0.15) is 5.75 Å². The highest BCUT2D eigenvalue weighted by molar-refractivity contribution is 7.92. The number of nitrogens with one attached hydrogen (secondary N) is 2. The Morgan fingerprint density at radius 1 is 0.931 bits per heavy atom. The van der Waals surface area contributed by atoms with E-state index in [9.17, 15) is 23.4 Å². The summed E-state index contributed by atoms with van der Waals surface area (Å²) < 4.78 is 27.3. The molecule has 150 valence electrons. The monoisotopic (exact) mass is 412 g/mol. The van der Waals surface area contributed by atoms with Crippen LogP contribution in [0, 0.1) is 0 Å². The highest BCUT2D eigenvalue weighted by atomic mass is 32.2. The van der Waals surface area contributed by atoms with E-state index in [1.807, 2.05) is 0 Å². The summed E-state index contributed by atoms with van der Waals surface area (Å²) in [6, 6.07) is 20.1. The lowest BCUT2D eigenvalue weighted by molar-refractivity contribution is 0.0916.